The van der Waals surface area contributed by atoms with Crippen LogP contribution in [0, 0.1) is 0 Å². The van der Waals surface area contributed by atoms with Gasteiger partial charge in [0.15, 0.2) is 5.15 Å². The minimum Gasteiger partial charge on any atom is -0.497 e. The number of aromatic nitrogens is 2. The van der Waals surface area contributed by atoms with Crippen LogP contribution in [0.1, 0.15) is 42.4 Å². The first kappa shape index (κ1) is 27.7. The molecule has 0 aliphatic carbocycles. The molecule has 1 atom stereocenters. The summed E-state index contributed by atoms with van der Waals surface area (Å²) in [5.41, 5.74) is 1.94. The summed E-state index contributed by atoms with van der Waals surface area (Å²) in [6.07, 6.45) is 2.58. The quantitative estimate of drug-likeness (QED) is 0.306. The van der Waals surface area contributed by atoms with Crippen LogP contribution in [0.4, 0.5) is 0 Å². The Kier molecular flexibility index (Phi) is 9.49. The van der Waals surface area contributed by atoms with E-state index < -0.39 is 22.0 Å². The summed E-state index contributed by atoms with van der Waals surface area (Å²) < 4.78 is 35.1. The van der Waals surface area contributed by atoms with Gasteiger partial charge < -0.3 is 19.5 Å². The van der Waals surface area contributed by atoms with Crippen molar-refractivity contribution in [1.82, 2.24) is 14.3 Å². The molecule has 3 N–H and O–H groups in total. The fourth-order valence-electron chi connectivity index (χ4n) is 3.76. The fraction of sp³-hybridized carbons (Fsp3) is 0.360. The number of carboxylic acids is 1. The average molecular weight is 536 g/mol. The van der Waals surface area contributed by atoms with Crippen LogP contribution in [0.25, 0.3) is 0 Å². The molecular weight excluding hydrogens is 506 g/mol. The number of aliphatic hydroxyl groups is 1. The molecule has 0 aliphatic rings. The van der Waals surface area contributed by atoms with Crippen LogP contribution in [0.15, 0.2) is 53.4 Å². The summed E-state index contributed by atoms with van der Waals surface area (Å²) in [4.78, 5) is 16.1. The second-order valence-corrected chi connectivity index (χ2v) is 10.4. The summed E-state index contributed by atoms with van der Waals surface area (Å²) in [7, 11) is -2.57. The number of sulfonamides is 1. The van der Waals surface area contributed by atoms with Gasteiger partial charge in [-0.25, -0.2) is 13.4 Å². The number of carbonyl (C=O) groups is 1. The monoisotopic (exact) mass is 535 g/mol. The second-order valence-electron chi connectivity index (χ2n) is 8.32. The van der Waals surface area contributed by atoms with Gasteiger partial charge in [0, 0.05) is 13.0 Å². The van der Waals surface area contributed by atoms with E-state index in [1.807, 2.05) is 4.57 Å². The van der Waals surface area contributed by atoms with Gasteiger partial charge in [0.25, 0.3) is 0 Å². The van der Waals surface area contributed by atoms with E-state index in [2.05, 4.69) is 16.6 Å². The van der Waals surface area contributed by atoms with E-state index in [0.29, 0.717) is 30.0 Å². The van der Waals surface area contributed by atoms with E-state index in [4.69, 9.17) is 16.3 Å². The number of halogens is 1. The summed E-state index contributed by atoms with van der Waals surface area (Å²) in [5, 5.41) is 19.6. The number of aryl methyl sites for hydroxylation is 1. The van der Waals surface area contributed by atoms with Gasteiger partial charge >= 0.3 is 5.97 Å². The summed E-state index contributed by atoms with van der Waals surface area (Å²) >= 11 is 6.19. The Morgan fingerprint density at radius 1 is 1.14 bits per heavy atom. The van der Waals surface area contributed by atoms with Crippen LogP contribution < -0.4 is 9.46 Å². The molecule has 0 radical (unpaired) electrons. The van der Waals surface area contributed by atoms with E-state index in [1.54, 1.807) is 36.4 Å². The number of imidazole rings is 1. The van der Waals surface area contributed by atoms with E-state index in [1.165, 1.54) is 19.2 Å². The molecule has 194 valence electrons. The molecule has 3 rings (SSSR count). The Bertz CT molecular complexity index is 1270. The number of carboxylic acid groups (broad SMARTS) is 1. The molecule has 36 heavy (non-hydrogen) atoms. The Hall–Kier alpha value is -2.92. The third kappa shape index (κ3) is 6.85. The van der Waals surface area contributed by atoms with Crippen LogP contribution in [0.3, 0.4) is 0 Å². The standard InChI is InChI=1S/C25H30ClN3O6S/c1-3-4-5-23-27-24(26)22(16-30)29(23)15-18-8-12-20(13-9-18)36(33,34)28-21(25(31)32)14-17-6-10-19(35-2)11-7-17/h6-13,21,28,30H,3-5,14-16H2,1-2H3,(H,31,32)/t21-/m1/s1. The lowest BCUT2D eigenvalue weighted by Gasteiger charge is -2.16. The van der Waals surface area contributed by atoms with Crippen molar-refractivity contribution in [2.75, 3.05) is 7.11 Å². The first-order valence-electron chi connectivity index (χ1n) is 11.5. The van der Waals surface area contributed by atoms with Gasteiger partial charge in [-0.2, -0.15) is 4.72 Å². The van der Waals surface area contributed by atoms with Crippen molar-refractivity contribution < 1.29 is 28.2 Å². The lowest BCUT2D eigenvalue weighted by Crippen LogP contribution is -2.42. The van der Waals surface area contributed by atoms with Gasteiger partial charge in [0.05, 0.1) is 24.3 Å². The topological polar surface area (TPSA) is 131 Å². The number of unbranched alkanes of at least 4 members (excludes halogenated alkanes) is 1. The molecule has 0 aliphatic heterocycles. The smallest absolute Gasteiger partial charge is 0.322 e. The SMILES string of the molecule is CCCCc1nc(Cl)c(CO)n1Cc1ccc(S(=O)(=O)N[C@H](Cc2ccc(OC)cc2)C(=O)O)cc1. The Morgan fingerprint density at radius 2 is 1.78 bits per heavy atom. The maximum atomic E-state index is 12.9. The first-order valence-corrected chi connectivity index (χ1v) is 13.4. The highest BCUT2D eigenvalue weighted by Gasteiger charge is 2.26. The molecular formula is C25H30ClN3O6S. The van der Waals surface area contributed by atoms with Gasteiger partial charge in [0.2, 0.25) is 10.0 Å². The third-order valence-electron chi connectivity index (χ3n) is 5.78. The highest BCUT2D eigenvalue weighted by molar-refractivity contribution is 7.89. The zero-order valence-corrected chi connectivity index (χ0v) is 21.7. The van der Waals surface area contributed by atoms with Crippen LogP contribution in [-0.4, -0.2) is 47.3 Å². The molecule has 2 aromatic carbocycles. The number of ether oxygens (including phenoxy) is 1. The van der Waals surface area contributed by atoms with E-state index in [0.717, 1.165) is 24.2 Å². The van der Waals surface area contributed by atoms with Crippen LogP contribution in [0.2, 0.25) is 5.15 Å². The molecule has 1 heterocycles. The van der Waals surface area contributed by atoms with Gasteiger partial charge in [0.1, 0.15) is 17.6 Å². The zero-order valence-electron chi connectivity index (χ0n) is 20.1. The van der Waals surface area contributed by atoms with E-state index >= 15 is 0 Å². The van der Waals surface area contributed by atoms with Crippen molar-refractivity contribution in [1.29, 1.82) is 0 Å². The number of rotatable bonds is 13. The fourth-order valence-corrected chi connectivity index (χ4v) is 5.21. The molecule has 1 aromatic heterocycles. The maximum absolute atomic E-state index is 12.9. The number of hydrogen-bond donors (Lipinski definition) is 3. The van der Waals surface area contributed by atoms with Gasteiger partial charge in [-0.3, -0.25) is 4.79 Å². The highest BCUT2D eigenvalue weighted by atomic mass is 35.5. The number of aliphatic hydroxyl groups excluding tert-OH is 1. The molecule has 0 amide bonds. The number of aliphatic carboxylic acids is 1. The van der Waals surface area contributed by atoms with Crippen molar-refractivity contribution in [2.24, 2.45) is 0 Å². The van der Waals surface area contributed by atoms with Crippen LogP contribution in [0.5, 0.6) is 5.75 Å². The third-order valence-corrected chi connectivity index (χ3v) is 7.57. The number of methoxy groups -OCH3 is 1. The molecule has 3 aromatic rings. The van der Waals surface area contributed by atoms with Crippen LogP contribution in [-0.2, 0) is 40.8 Å². The molecule has 0 unspecified atom stereocenters. The molecule has 0 fully saturated rings. The van der Waals surface area contributed by atoms with Crippen molar-refractivity contribution >= 4 is 27.6 Å². The number of nitrogens with zero attached hydrogens (tertiary/aromatic N) is 2. The van der Waals surface area contributed by atoms with E-state index in [-0.39, 0.29) is 23.1 Å². The highest BCUT2D eigenvalue weighted by Crippen LogP contribution is 2.22. The average Bonchev–Trinajstić information content (AvgIpc) is 3.16. The summed E-state index contributed by atoms with van der Waals surface area (Å²) in [6, 6.07) is 11.5. The molecule has 0 saturated carbocycles. The number of nitrogens with one attached hydrogen (secondary N) is 1. The van der Waals surface area contributed by atoms with Crippen molar-refractivity contribution in [3.05, 3.63) is 76.3 Å². The lowest BCUT2D eigenvalue weighted by atomic mass is 10.1. The normalized spacial score (nSPS) is 12.4. The maximum Gasteiger partial charge on any atom is 0.322 e. The predicted octanol–water partition coefficient (Wildman–Crippen LogP) is 3.40. The first-order chi connectivity index (χ1) is 17.2. The number of hydrogen-bond acceptors (Lipinski definition) is 6. The van der Waals surface area contributed by atoms with Gasteiger partial charge in [-0.05, 0) is 48.2 Å². The second kappa shape index (κ2) is 12.4. The van der Waals surface area contributed by atoms with Gasteiger partial charge in [-0.15, -0.1) is 0 Å². The Labute approximate surface area is 215 Å². The van der Waals surface area contributed by atoms with Crippen LogP contribution >= 0.6 is 11.6 Å². The van der Waals surface area contributed by atoms with Crippen molar-refractivity contribution in [2.45, 2.75) is 56.7 Å². The lowest BCUT2D eigenvalue weighted by molar-refractivity contribution is -0.138. The summed E-state index contributed by atoms with van der Waals surface area (Å²) in [5.74, 6) is 0.0964. The van der Waals surface area contributed by atoms with Crippen molar-refractivity contribution in [3.8, 4) is 5.75 Å². The molecule has 11 heteroatoms. The Morgan fingerprint density at radius 3 is 2.33 bits per heavy atom. The predicted molar refractivity (Wildman–Crippen MR) is 136 cm³/mol. The zero-order chi connectivity index (χ0) is 26.3. The number of benzene rings is 2. The van der Waals surface area contributed by atoms with Gasteiger partial charge in [-0.1, -0.05) is 49.2 Å². The van der Waals surface area contributed by atoms with Crippen molar-refractivity contribution in [3.63, 3.8) is 0 Å². The van der Waals surface area contributed by atoms with E-state index in [9.17, 15) is 23.4 Å². The molecule has 9 nitrogen and oxygen atoms in total. The minimum absolute atomic E-state index is 0.0253. The Balaban J connectivity index is 1.76. The largest absolute Gasteiger partial charge is 0.497 e. The molecule has 0 bridgehead atoms. The minimum atomic E-state index is -4.09. The molecule has 0 saturated heterocycles. The summed E-state index contributed by atoms with van der Waals surface area (Å²) in [6.45, 7) is 2.16. The molecule has 0 spiro atoms.